The van der Waals surface area contributed by atoms with Gasteiger partial charge in [-0.3, -0.25) is 14.5 Å². The van der Waals surface area contributed by atoms with Gasteiger partial charge in [0, 0.05) is 38.4 Å². The summed E-state index contributed by atoms with van der Waals surface area (Å²) in [6.07, 6.45) is -3.83. The normalized spacial score (nSPS) is 21.5. The Morgan fingerprint density at radius 2 is 1.81 bits per heavy atom. The van der Waals surface area contributed by atoms with Crippen LogP contribution in [-0.2, 0) is 15.8 Å². The molecule has 3 rings (SSSR count). The van der Waals surface area contributed by atoms with Crippen molar-refractivity contribution in [1.29, 1.82) is 0 Å². The van der Waals surface area contributed by atoms with Crippen molar-refractivity contribution in [3.8, 4) is 0 Å². The summed E-state index contributed by atoms with van der Waals surface area (Å²) in [5.74, 6) is -1.32. The number of anilines is 1. The van der Waals surface area contributed by atoms with Gasteiger partial charge in [0.05, 0.1) is 18.0 Å². The zero-order valence-corrected chi connectivity index (χ0v) is 14.8. The molecule has 0 bridgehead atoms. The Balaban J connectivity index is 1.52. The van der Waals surface area contributed by atoms with Gasteiger partial charge in [-0.25, -0.2) is 0 Å². The van der Waals surface area contributed by atoms with Gasteiger partial charge < -0.3 is 14.9 Å². The maximum atomic E-state index is 12.9. The largest absolute Gasteiger partial charge is 0.481 e. The molecule has 1 N–H and O–H groups in total. The highest BCUT2D eigenvalue weighted by Gasteiger charge is 2.32. The molecule has 0 spiro atoms. The summed E-state index contributed by atoms with van der Waals surface area (Å²) < 4.78 is 38.6. The molecular formula is C18H22F3N3O3. The molecule has 148 valence electrons. The fourth-order valence-electron chi connectivity index (χ4n) is 3.56. The van der Waals surface area contributed by atoms with E-state index in [1.165, 1.54) is 6.07 Å². The molecule has 27 heavy (non-hydrogen) atoms. The Hall–Kier alpha value is -2.29. The third-order valence-corrected chi connectivity index (χ3v) is 5.15. The summed E-state index contributed by atoms with van der Waals surface area (Å²) in [7, 11) is 0. The number of carboxylic acid groups (broad SMARTS) is 1. The van der Waals surface area contributed by atoms with Crippen molar-refractivity contribution < 1.29 is 27.9 Å². The number of hydrogen-bond acceptors (Lipinski definition) is 4. The van der Waals surface area contributed by atoms with Gasteiger partial charge in [-0.05, 0) is 31.2 Å². The molecule has 0 radical (unpaired) electrons. The molecule has 1 atom stereocenters. The van der Waals surface area contributed by atoms with Crippen LogP contribution >= 0.6 is 0 Å². The van der Waals surface area contributed by atoms with Crippen molar-refractivity contribution in [2.75, 3.05) is 50.7 Å². The molecule has 2 fully saturated rings. The Morgan fingerprint density at radius 1 is 1.11 bits per heavy atom. The Labute approximate surface area is 155 Å². The fourth-order valence-corrected chi connectivity index (χ4v) is 3.56. The summed E-state index contributed by atoms with van der Waals surface area (Å²) in [6, 6.07) is 5.21. The van der Waals surface area contributed by atoms with E-state index in [4.69, 9.17) is 5.11 Å². The maximum Gasteiger partial charge on any atom is 0.416 e. The van der Waals surface area contributed by atoms with Crippen LogP contribution in [0.25, 0.3) is 0 Å². The number of benzene rings is 1. The second kappa shape index (κ2) is 7.75. The van der Waals surface area contributed by atoms with Gasteiger partial charge in [0.2, 0.25) is 5.91 Å². The average Bonchev–Trinajstić information content (AvgIpc) is 3.10. The van der Waals surface area contributed by atoms with Crippen molar-refractivity contribution in [2.45, 2.75) is 12.6 Å². The molecule has 2 saturated heterocycles. The van der Waals surface area contributed by atoms with E-state index in [-0.39, 0.29) is 12.5 Å². The molecule has 9 heteroatoms. The lowest BCUT2D eigenvalue weighted by Gasteiger charge is -2.37. The van der Waals surface area contributed by atoms with Gasteiger partial charge in [0.1, 0.15) is 0 Å². The second-order valence-corrected chi connectivity index (χ2v) is 6.97. The van der Waals surface area contributed by atoms with E-state index in [0.29, 0.717) is 51.4 Å². The maximum absolute atomic E-state index is 12.9. The van der Waals surface area contributed by atoms with E-state index in [1.54, 1.807) is 11.0 Å². The standard InChI is InChI=1S/C18H22F3N3O3/c19-18(20,21)14-2-1-3-15(10-14)23-6-8-24(9-7-23)16(25)12-22-5-4-13(11-22)17(26)27/h1-3,10,13H,4-9,11-12H2,(H,26,27). The minimum atomic E-state index is -4.38. The lowest BCUT2D eigenvalue weighted by Crippen LogP contribution is -2.51. The van der Waals surface area contributed by atoms with Crippen LogP contribution < -0.4 is 4.90 Å². The highest BCUT2D eigenvalue weighted by molar-refractivity contribution is 5.79. The minimum absolute atomic E-state index is 0.0651. The van der Waals surface area contributed by atoms with E-state index >= 15 is 0 Å². The number of halogens is 3. The van der Waals surface area contributed by atoms with Gasteiger partial charge >= 0.3 is 12.1 Å². The zero-order valence-electron chi connectivity index (χ0n) is 14.8. The highest BCUT2D eigenvalue weighted by atomic mass is 19.4. The van der Waals surface area contributed by atoms with Gasteiger partial charge in [-0.2, -0.15) is 13.2 Å². The van der Waals surface area contributed by atoms with Crippen LogP contribution in [0.1, 0.15) is 12.0 Å². The van der Waals surface area contributed by atoms with Crippen molar-refractivity contribution in [3.05, 3.63) is 29.8 Å². The minimum Gasteiger partial charge on any atom is -0.481 e. The number of piperazine rings is 1. The second-order valence-electron chi connectivity index (χ2n) is 6.97. The first-order chi connectivity index (χ1) is 12.7. The number of aliphatic carboxylic acids is 1. The lowest BCUT2D eigenvalue weighted by atomic mass is 10.1. The summed E-state index contributed by atoms with van der Waals surface area (Å²) in [4.78, 5) is 28.8. The Kier molecular flexibility index (Phi) is 5.59. The Bertz CT molecular complexity index is 703. The molecule has 2 aliphatic heterocycles. The first-order valence-electron chi connectivity index (χ1n) is 8.89. The van der Waals surface area contributed by atoms with Crippen LogP contribution in [0.4, 0.5) is 18.9 Å². The first kappa shape index (κ1) is 19.5. The molecule has 0 aromatic heterocycles. The zero-order chi connectivity index (χ0) is 19.6. The van der Waals surface area contributed by atoms with Gasteiger partial charge in [-0.1, -0.05) is 6.07 Å². The summed E-state index contributed by atoms with van der Waals surface area (Å²) in [5.41, 5.74) is -0.179. The molecule has 1 unspecified atom stereocenters. The monoisotopic (exact) mass is 385 g/mol. The number of hydrogen-bond donors (Lipinski definition) is 1. The first-order valence-corrected chi connectivity index (χ1v) is 8.89. The summed E-state index contributed by atoms with van der Waals surface area (Å²) in [6.45, 7) is 2.96. The van der Waals surface area contributed by atoms with Crippen LogP contribution in [0.2, 0.25) is 0 Å². The lowest BCUT2D eigenvalue weighted by molar-refractivity contribution is -0.141. The van der Waals surface area contributed by atoms with Gasteiger partial charge in [0.15, 0.2) is 0 Å². The van der Waals surface area contributed by atoms with Crippen LogP contribution in [0, 0.1) is 5.92 Å². The topological polar surface area (TPSA) is 64.1 Å². The Morgan fingerprint density at radius 3 is 2.41 bits per heavy atom. The number of carbonyl (C=O) groups excluding carboxylic acids is 1. The van der Waals surface area contributed by atoms with Crippen LogP contribution in [-0.4, -0.2) is 72.6 Å². The summed E-state index contributed by atoms with van der Waals surface area (Å²) in [5, 5.41) is 9.02. The smallest absolute Gasteiger partial charge is 0.416 e. The third kappa shape index (κ3) is 4.71. The van der Waals surface area contributed by atoms with Crippen LogP contribution in [0.3, 0.4) is 0 Å². The average molecular weight is 385 g/mol. The SMILES string of the molecule is O=C(O)C1CCN(CC(=O)N2CCN(c3cccc(C(F)(F)F)c3)CC2)C1. The summed E-state index contributed by atoms with van der Waals surface area (Å²) >= 11 is 0. The van der Waals surface area contributed by atoms with E-state index in [9.17, 15) is 22.8 Å². The van der Waals surface area contributed by atoms with E-state index < -0.39 is 23.6 Å². The quantitative estimate of drug-likeness (QED) is 0.856. The van der Waals surface area contributed by atoms with Crippen molar-refractivity contribution >= 4 is 17.6 Å². The molecule has 0 aliphatic carbocycles. The molecule has 0 saturated carbocycles. The number of amides is 1. The van der Waals surface area contributed by atoms with Crippen molar-refractivity contribution in [3.63, 3.8) is 0 Å². The number of nitrogens with zero attached hydrogens (tertiary/aromatic N) is 3. The third-order valence-electron chi connectivity index (χ3n) is 5.15. The molecular weight excluding hydrogens is 363 g/mol. The number of rotatable bonds is 4. The molecule has 1 aromatic rings. The van der Waals surface area contributed by atoms with Gasteiger partial charge in [-0.15, -0.1) is 0 Å². The molecule has 2 aliphatic rings. The molecule has 1 amide bonds. The fraction of sp³-hybridized carbons (Fsp3) is 0.556. The van der Waals surface area contributed by atoms with Crippen molar-refractivity contribution in [1.82, 2.24) is 9.80 Å². The van der Waals surface area contributed by atoms with E-state index in [2.05, 4.69) is 0 Å². The van der Waals surface area contributed by atoms with E-state index in [0.717, 1.165) is 12.1 Å². The number of carboxylic acids is 1. The number of alkyl halides is 3. The predicted octanol–water partition coefficient (Wildman–Crippen LogP) is 1.76. The number of carbonyl (C=O) groups is 2. The van der Waals surface area contributed by atoms with Crippen molar-refractivity contribution in [2.24, 2.45) is 5.92 Å². The predicted molar refractivity (Wildman–Crippen MR) is 92.4 cm³/mol. The molecule has 1 aromatic carbocycles. The molecule has 2 heterocycles. The number of likely N-dealkylation sites (tertiary alicyclic amines) is 1. The highest BCUT2D eigenvalue weighted by Crippen LogP contribution is 2.31. The van der Waals surface area contributed by atoms with Crippen LogP contribution in [0.5, 0.6) is 0 Å². The molecule has 6 nitrogen and oxygen atoms in total. The van der Waals surface area contributed by atoms with Crippen LogP contribution in [0.15, 0.2) is 24.3 Å². The van der Waals surface area contributed by atoms with Gasteiger partial charge in [0.25, 0.3) is 0 Å². The van der Waals surface area contributed by atoms with E-state index in [1.807, 2.05) is 9.80 Å².